The van der Waals surface area contributed by atoms with E-state index in [1.165, 1.54) is 0 Å². The Hall–Kier alpha value is -7.25. The lowest BCUT2D eigenvalue weighted by Crippen LogP contribution is -2.04. The number of aromatic nitrogens is 6. The Balaban J connectivity index is 1.41. The second kappa shape index (κ2) is 14.4. The maximum absolute atomic E-state index is 12.5. The molecule has 0 radical (unpaired) electrons. The summed E-state index contributed by atoms with van der Waals surface area (Å²) in [6, 6.07) is 24.7. The lowest BCUT2D eigenvalue weighted by Gasteiger charge is -2.06. The number of esters is 2. The van der Waals surface area contributed by atoms with Crippen LogP contribution in [0.15, 0.2) is 91.3 Å². The molecular weight excluding hydrogens is 677 g/mol. The normalized spacial score (nSPS) is 11.6. The van der Waals surface area contributed by atoms with Gasteiger partial charge in [0.1, 0.15) is 0 Å². The van der Waals surface area contributed by atoms with Crippen LogP contribution >= 0.6 is 0 Å². The molecule has 264 valence electrons. The predicted molar refractivity (Wildman–Crippen MR) is 211 cm³/mol. The quantitative estimate of drug-likeness (QED) is 0.131. The van der Waals surface area contributed by atoms with Crippen LogP contribution in [0, 0.1) is 11.8 Å². The summed E-state index contributed by atoms with van der Waals surface area (Å²) in [4.78, 5) is 46.8. The Morgan fingerprint density at radius 2 is 1.24 bits per heavy atom. The van der Waals surface area contributed by atoms with Crippen LogP contribution in [0.4, 0.5) is 0 Å². The van der Waals surface area contributed by atoms with Crippen molar-refractivity contribution in [1.29, 1.82) is 0 Å². The van der Waals surface area contributed by atoms with E-state index in [1.807, 2.05) is 96.7 Å². The number of hydrogen-bond donors (Lipinski definition) is 2. The van der Waals surface area contributed by atoms with E-state index in [-0.39, 0.29) is 11.9 Å². The van der Waals surface area contributed by atoms with E-state index in [0.717, 1.165) is 61.4 Å². The average molecular weight is 711 g/mol. The number of carbonyl (C=O) groups excluding carboxylic acids is 2. The van der Waals surface area contributed by atoms with E-state index in [1.54, 1.807) is 44.3 Å². The number of imidazole rings is 1. The summed E-state index contributed by atoms with van der Waals surface area (Å²) >= 11 is 0. The summed E-state index contributed by atoms with van der Waals surface area (Å²) in [5, 5.41) is 0. The van der Waals surface area contributed by atoms with Crippen LogP contribution in [-0.2, 0) is 16.5 Å². The monoisotopic (exact) mass is 710 g/mol. The third kappa shape index (κ3) is 6.62. The lowest BCUT2D eigenvalue weighted by molar-refractivity contribution is 0.0517. The van der Waals surface area contributed by atoms with Gasteiger partial charge in [-0.3, -0.25) is 0 Å². The molecule has 8 rings (SSSR count). The number of rotatable bonds is 6. The number of nitrogens with zero attached hydrogens (tertiary/aromatic N) is 4. The van der Waals surface area contributed by atoms with E-state index in [9.17, 15) is 9.59 Å². The Morgan fingerprint density at radius 1 is 0.667 bits per heavy atom. The van der Waals surface area contributed by atoms with Crippen molar-refractivity contribution in [1.82, 2.24) is 29.5 Å². The highest BCUT2D eigenvalue weighted by atomic mass is 16.5. The summed E-state index contributed by atoms with van der Waals surface area (Å²) in [6.45, 7) is 4.17. The molecule has 0 atom stereocenters. The fourth-order valence-electron chi connectivity index (χ4n) is 6.46. The van der Waals surface area contributed by atoms with E-state index < -0.39 is 0 Å². The first kappa shape index (κ1) is 33.9. The molecule has 8 bridgehead atoms. The second-order valence-corrected chi connectivity index (χ2v) is 12.6. The molecule has 6 aromatic rings. The standard InChI is InChI=1S/C44H34N6O4/c1-4-53-43(51)29-10-6-27(7-11-29)41-36-17-14-31(46-36)26-32-15-18-37(47-32)42(28-8-12-30(13-9-28)44(52)54-5-2)39-22-20-35(49-39)33(34-19-21-38(41)48-34)16-23-40-45-24-25-50(40)3/h6-15,17-22,24-26,46,49H,4-5H2,1-3H3. The third-order valence-corrected chi connectivity index (χ3v) is 9.07. The van der Waals surface area contributed by atoms with Gasteiger partial charge in [0, 0.05) is 47.1 Å². The summed E-state index contributed by atoms with van der Waals surface area (Å²) < 4.78 is 12.3. The van der Waals surface area contributed by atoms with Crippen molar-refractivity contribution in [2.24, 2.45) is 7.05 Å². The van der Waals surface area contributed by atoms with Crippen molar-refractivity contribution in [2.75, 3.05) is 13.2 Å². The van der Waals surface area contributed by atoms with Crippen molar-refractivity contribution in [3.63, 3.8) is 0 Å². The van der Waals surface area contributed by atoms with Crippen molar-refractivity contribution in [3.05, 3.63) is 137 Å². The highest BCUT2D eigenvalue weighted by Gasteiger charge is 2.17. The first-order valence-electron chi connectivity index (χ1n) is 17.6. The molecule has 0 aliphatic carbocycles. The van der Waals surface area contributed by atoms with Crippen molar-refractivity contribution < 1.29 is 19.1 Å². The van der Waals surface area contributed by atoms with Gasteiger partial charge < -0.3 is 24.0 Å². The van der Waals surface area contributed by atoms with Gasteiger partial charge in [0.25, 0.3) is 0 Å². The Morgan fingerprint density at radius 3 is 1.87 bits per heavy atom. The zero-order valence-electron chi connectivity index (χ0n) is 29.8. The number of fused-ring (bicyclic) bond motifs is 8. The average Bonchev–Trinajstić information content (AvgIpc) is 4.04. The Kier molecular flexibility index (Phi) is 9.04. The molecule has 0 saturated heterocycles. The largest absolute Gasteiger partial charge is 0.462 e. The molecule has 0 unspecified atom stereocenters. The fraction of sp³-hybridized carbons (Fsp3) is 0.114. The molecule has 2 N–H and O–H groups in total. The van der Waals surface area contributed by atoms with Gasteiger partial charge in [-0.1, -0.05) is 30.2 Å². The lowest BCUT2D eigenvalue weighted by atomic mass is 10.0. The van der Waals surface area contributed by atoms with E-state index in [0.29, 0.717) is 41.4 Å². The second-order valence-electron chi connectivity index (χ2n) is 12.6. The molecule has 0 spiro atoms. The minimum Gasteiger partial charge on any atom is -0.462 e. The van der Waals surface area contributed by atoms with Gasteiger partial charge in [-0.15, -0.1) is 0 Å². The van der Waals surface area contributed by atoms with Crippen LogP contribution in [0.25, 0.3) is 68.6 Å². The number of ether oxygens (including phenoxy) is 2. The van der Waals surface area contributed by atoms with Gasteiger partial charge in [0.05, 0.1) is 58.2 Å². The molecule has 2 aromatic carbocycles. The molecule has 54 heavy (non-hydrogen) atoms. The Labute approximate surface area is 310 Å². The maximum Gasteiger partial charge on any atom is 0.338 e. The molecule has 0 amide bonds. The van der Waals surface area contributed by atoms with Crippen molar-refractivity contribution >= 4 is 58.3 Å². The van der Waals surface area contributed by atoms with Crippen LogP contribution in [0.1, 0.15) is 68.7 Å². The highest BCUT2D eigenvalue weighted by molar-refractivity contribution is 5.96. The predicted octanol–water partition coefficient (Wildman–Crippen LogP) is 8.48. The van der Waals surface area contributed by atoms with Gasteiger partial charge in [0.15, 0.2) is 5.82 Å². The fourth-order valence-corrected chi connectivity index (χ4v) is 6.46. The van der Waals surface area contributed by atoms with Gasteiger partial charge in [-0.05, 0) is 110 Å². The van der Waals surface area contributed by atoms with Gasteiger partial charge in [-0.25, -0.2) is 24.5 Å². The summed E-state index contributed by atoms with van der Waals surface area (Å²) in [7, 11) is 1.90. The molecule has 6 heterocycles. The van der Waals surface area contributed by atoms with Gasteiger partial charge >= 0.3 is 11.9 Å². The minimum atomic E-state index is -0.371. The molecule has 2 aliphatic heterocycles. The van der Waals surface area contributed by atoms with Crippen LogP contribution in [0.2, 0.25) is 0 Å². The SMILES string of the molecule is CCOC(=O)c1ccc(-c2c3nc(c(C#Cc4nccn4C)c4ccc([nH]4)c(-c4ccc(C(=O)OCC)cc4)c4nc(cc5ccc2[nH]5)C=C4)C=C3)cc1. The third-order valence-electron chi connectivity index (χ3n) is 9.07. The number of hydrogen-bond acceptors (Lipinski definition) is 7. The summed E-state index contributed by atoms with van der Waals surface area (Å²) in [5.41, 5.74) is 11.2. The number of aryl methyl sites for hydroxylation is 1. The molecule has 4 aromatic heterocycles. The highest BCUT2D eigenvalue weighted by Crippen LogP contribution is 2.33. The molecule has 10 nitrogen and oxygen atoms in total. The van der Waals surface area contributed by atoms with Gasteiger partial charge in [-0.2, -0.15) is 0 Å². The summed E-state index contributed by atoms with van der Waals surface area (Å²) in [5.74, 6) is 6.47. The zero-order valence-corrected chi connectivity index (χ0v) is 29.8. The zero-order chi connectivity index (χ0) is 37.2. The number of nitrogens with one attached hydrogen (secondary N) is 2. The van der Waals surface area contributed by atoms with E-state index in [2.05, 4.69) is 26.8 Å². The van der Waals surface area contributed by atoms with Crippen molar-refractivity contribution in [2.45, 2.75) is 13.8 Å². The number of aromatic amines is 2. The van der Waals surface area contributed by atoms with Crippen LogP contribution in [0.5, 0.6) is 0 Å². The summed E-state index contributed by atoms with van der Waals surface area (Å²) in [6.07, 6.45) is 11.5. The van der Waals surface area contributed by atoms with Crippen LogP contribution in [0.3, 0.4) is 0 Å². The van der Waals surface area contributed by atoms with E-state index in [4.69, 9.17) is 19.4 Å². The first-order valence-corrected chi connectivity index (χ1v) is 17.6. The van der Waals surface area contributed by atoms with Crippen LogP contribution in [-0.4, -0.2) is 54.6 Å². The molecule has 2 aliphatic rings. The molecular formula is C44H34N6O4. The van der Waals surface area contributed by atoms with Gasteiger partial charge in [0.2, 0.25) is 0 Å². The maximum atomic E-state index is 12.5. The van der Waals surface area contributed by atoms with Crippen LogP contribution < -0.4 is 0 Å². The van der Waals surface area contributed by atoms with E-state index >= 15 is 0 Å². The number of H-pyrrole nitrogens is 2. The smallest absolute Gasteiger partial charge is 0.338 e. The number of carbonyl (C=O) groups is 2. The topological polar surface area (TPSA) is 128 Å². The molecule has 0 saturated carbocycles. The minimum absolute atomic E-state index is 0.299. The first-order chi connectivity index (χ1) is 26.4. The molecule has 10 heteroatoms. The van der Waals surface area contributed by atoms with Crippen molar-refractivity contribution in [3.8, 4) is 34.1 Å². The number of benzene rings is 2. The molecule has 0 fully saturated rings. The Bertz CT molecular complexity index is 2680.